The predicted molar refractivity (Wildman–Crippen MR) is 142 cm³/mol. The number of benzene rings is 2. The Kier molecular flexibility index (Phi) is 7.29. The minimum atomic E-state index is -0.185. The second-order valence-electron chi connectivity index (χ2n) is 9.30. The molecule has 0 spiro atoms. The number of methoxy groups -OCH3 is 2. The first-order valence-corrected chi connectivity index (χ1v) is 12.1. The smallest absolute Gasteiger partial charge is 0.256 e. The third-order valence-corrected chi connectivity index (χ3v) is 6.79. The Balaban J connectivity index is 1.52. The quantitative estimate of drug-likeness (QED) is 0.385. The zero-order valence-corrected chi connectivity index (χ0v) is 22.2. The topological polar surface area (TPSA) is 77.8 Å². The van der Waals surface area contributed by atoms with E-state index in [1.165, 1.54) is 22.3 Å². The van der Waals surface area contributed by atoms with E-state index in [2.05, 4.69) is 43.3 Å². The van der Waals surface area contributed by atoms with Gasteiger partial charge < -0.3 is 14.8 Å². The zero-order chi connectivity index (χ0) is 26.0. The summed E-state index contributed by atoms with van der Waals surface area (Å²) in [4.78, 5) is 17.8. The molecule has 0 saturated heterocycles. The molecule has 0 aliphatic rings. The molecule has 0 atom stereocenters. The van der Waals surface area contributed by atoms with Gasteiger partial charge in [0, 0.05) is 24.4 Å². The van der Waals surface area contributed by atoms with Crippen molar-refractivity contribution in [2.24, 2.45) is 0 Å². The Hall–Kier alpha value is -3.87. The van der Waals surface area contributed by atoms with Crippen molar-refractivity contribution in [3.8, 4) is 11.5 Å². The Morgan fingerprint density at radius 1 is 0.944 bits per heavy atom. The fourth-order valence-electron chi connectivity index (χ4n) is 4.84. The van der Waals surface area contributed by atoms with Gasteiger partial charge in [0.05, 0.1) is 20.4 Å². The van der Waals surface area contributed by atoms with Crippen LogP contribution in [0, 0.1) is 34.6 Å². The number of carbonyl (C=O) groups is 1. The first-order chi connectivity index (χ1) is 17.2. The maximum Gasteiger partial charge on any atom is 0.256 e. The number of aryl methyl sites for hydroxylation is 5. The van der Waals surface area contributed by atoms with Gasteiger partial charge in [-0.2, -0.15) is 5.10 Å². The minimum Gasteiger partial charge on any atom is -0.493 e. The Morgan fingerprint density at radius 3 is 2.31 bits per heavy atom. The molecule has 7 nitrogen and oxygen atoms in total. The van der Waals surface area contributed by atoms with Crippen molar-refractivity contribution < 1.29 is 14.3 Å². The molecule has 36 heavy (non-hydrogen) atoms. The van der Waals surface area contributed by atoms with Crippen LogP contribution in [0.2, 0.25) is 0 Å². The van der Waals surface area contributed by atoms with Gasteiger partial charge in [0.15, 0.2) is 17.1 Å². The lowest BCUT2D eigenvalue weighted by Gasteiger charge is -2.16. The monoisotopic (exact) mass is 486 g/mol. The second kappa shape index (κ2) is 10.4. The van der Waals surface area contributed by atoms with Crippen LogP contribution in [0.3, 0.4) is 0 Å². The van der Waals surface area contributed by atoms with Crippen LogP contribution in [0.4, 0.5) is 0 Å². The number of amides is 1. The Bertz CT molecular complexity index is 1420. The number of ether oxygens (including phenoxy) is 2. The van der Waals surface area contributed by atoms with Crippen LogP contribution < -0.4 is 14.8 Å². The number of nitrogens with zero attached hydrogens (tertiary/aromatic N) is 3. The SMILES string of the molecule is COc1ccc(CCNC(=O)c2cnn3c(C)c(Cc4c(C)cc(C)cc4C)c(C)nc23)cc1OC. The summed E-state index contributed by atoms with van der Waals surface area (Å²) in [5.41, 5.74) is 10.3. The number of hydrogen-bond donors (Lipinski definition) is 1. The number of fused-ring (bicyclic) bond motifs is 1. The number of carbonyl (C=O) groups excluding carboxylic acids is 1. The number of nitrogens with one attached hydrogen (secondary N) is 1. The second-order valence-corrected chi connectivity index (χ2v) is 9.30. The van der Waals surface area contributed by atoms with Gasteiger partial charge in [-0.3, -0.25) is 4.79 Å². The molecule has 2 aromatic heterocycles. The highest BCUT2D eigenvalue weighted by molar-refractivity contribution is 5.99. The average Bonchev–Trinajstić information content (AvgIpc) is 3.26. The number of rotatable bonds is 8. The maximum atomic E-state index is 13.0. The third-order valence-electron chi connectivity index (χ3n) is 6.79. The van der Waals surface area contributed by atoms with Crippen molar-refractivity contribution in [3.05, 3.63) is 86.9 Å². The molecule has 4 rings (SSSR count). The molecule has 1 amide bonds. The zero-order valence-electron chi connectivity index (χ0n) is 22.2. The lowest BCUT2D eigenvalue weighted by atomic mass is 9.93. The molecule has 188 valence electrons. The highest BCUT2D eigenvalue weighted by atomic mass is 16.5. The molecular formula is C29H34N4O3. The van der Waals surface area contributed by atoms with Crippen molar-refractivity contribution in [2.45, 2.75) is 47.5 Å². The molecule has 0 fully saturated rings. The molecule has 0 saturated carbocycles. The summed E-state index contributed by atoms with van der Waals surface area (Å²) in [6, 6.07) is 10.2. The van der Waals surface area contributed by atoms with Crippen LogP contribution in [0.25, 0.3) is 5.65 Å². The summed E-state index contributed by atoms with van der Waals surface area (Å²) in [5, 5.41) is 7.51. The van der Waals surface area contributed by atoms with Gasteiger partial charge in [0.2, 0.25) is 0 Å². The van der Waals surface area contributed by atoms with Crippen LogP contribution in [0.5, 0.6) is 11.5 Å². The van der Waals surface area contributed by atoms with Gasteiger partial charge in [0.1, 0.15) is 5.56 Å². The van der Waals surface area contributed by atoms with Crippen LogP contribution >= 0.6 is 0 Å². The largest absolute Gasteiger partial charge is 0.493 e. The van der Waals surface area contributed by atoms with E-state index in [-0.39, 0.29) is 5.91 Å². The molecular weight excluding hydrogens is 452 g/mol. The molecule has 0 aliphatic carbocycles. The number of aromatic nitrogens is 3. The summed E-state index contributed by atoms with van der Waals surface area (Å²) in [6.45, 7) is 11.0. The maximum absolute atomic E-state index is 13.0. The van der Waals surface area contributed by atoms with Crippen LogP contribution in [0.15, 0.2) is 36.5 Å². The average molecular weight is 487 g/mol. The summed E-state index contributed by atoms with van der Waals surface area (Å²) in [6.07, 6.45) is 3.05. The lowest BCUT2D eigenvalue weighted by Crippen LogP contribution is -2.25. The minimum absolute atomic E-state index is 0.185. The van der Waals surface area contributed by atoms with E-state index in [0.29, 0.717) is 35.7 Å². The highest BCUT2D eigenvalue weighted by Gasteiger charge is 2.19. The van der Waals surface area contributed by atoms with Gasteiger partial charge in [-0.1, -0.05) is 23.8 Å². The van der Waals surface area contributed by atoms with Crippen molar-refractivity contribution in [2.75, 3.05) is 20.8 Å². The van der Waals surface area contributed by atoms with Gasteiger partial charge in [-0.25, -0.2) is 9.50 Å². The molecule has 1 N–H and O–H groups in total. The number of hydrogen-bond acceptors (Lipinski definition) is 5. The molecule has 0 unspecified atom stereocenters. The summed E-state index contributed by atoms with van der Waals surface area (Å²) >= 11 is 0. The fourth-order valence-corrected chi connectivity index (χ4v) is 4.84. The van der Waals surface area contributed by atoms with Crippen molar-refractivity contribution in [1.82, 2.24) is 19.9 Å². The van der Waals surface area contributed by atoms with Crippen molar-refractivity contribution >= 4 is 11.6 Å². The first-order valence-electron chi connectivity index (χ1n) is 12.1. The molecule has 2 heterocycles. The Morgan fingerprint density at radius 2 is 1.64 bits per heavy atom. The standard InChI is InChI=1S/C29H34N4O3/c1-17-12-18(2)23(19(3)13-17)15-24-20(4)32-28-25(16-31-33(28)21(24)5)29(34)30-11-10-22-8-9-26(35-6)27(14-22)36-7/h8-9,12-14,16H,10-11,15H2,1-7H3,(H,30,34). The summed E-state index contributed by atoms with van der Waals surface area (Å²) in [5.74, 6) is 1.17. The molecule has 7 heteroatoms. The fraction of sp³-hybridized carbons (Fsp3) is 0.345. The molecule has 0 aliphatic heterocycles. The van der Waals surface area contributed by atoms with E-state index in [0.717, 1.165) is 28.9 Å². The van der Waals surface area contributed by atoms with Gasteiger partial charge in [0.25, 0.3) is 5.91 Å². The first kappa shape index (κ1) is 25.2. The molecule has 2 aromatic carbocycles. The van der Waals surface area contributed by atoms with Crippen LogP contribution in [0.1, 0.15) is 55.1 Å². The molecule has 0 radical (unpaired) electrons. The predicted octanol–water partition coefficient (Wildman–Crippen LogP) is 4.85. The van der Waals surface area contributed by atoms with Crippen LogP contribution in [-0.4, -0.2) is 41.3 Å². The van der Waals surface area contributed by atoms with Gasteiger partial charge in [-0.05, 0) is 81.0 Å². The van der Waals surface area contributed by atoms with Gasteiger partial charge >= 0.3 is 0 Å². The summed E-state index contributed by atoms with van der Waals surface area (Å²) < 4.78 is 12.4. The lowest BCUT2D eigenvalue weighted by molar-refractivity contribution is 0.0955. The summed E-state index contributed by atoms with van der Waals surface area (Å²) in [7, 11) is 3.22. The van der Waals surface area contributed by atoms with Gasteiger partial charge in [-0.15, -0.1) is 0 Å². The normalized spacial score (nSPS) is 11.1. The van der Waals surface area contributed by atoms with E-state index in [1.54, 1.807) is 24.9 Å². The third kappa shape index (κ3) is 4.91. The molecule has 0 bridgehead atoms. The molecule has 4 aromatic rings. The highest BCUT2D eigenvalue weighted by Crippen LogP contribution is 2.28. The van der Waals surface area contributed by atoms with E-state index < -0.39 is 0 Å². The van der Waals surface area contributed by atoms with E-state index in [9.17, 15) is 4.79 Å². The van der Waals surface area contributed by atoms with E-state index in [4.69, 9.17) is 14.5 Å². The van der Waals surface area contributed by atoms with Crippen molar-refractivity contribution in [3.63, 3.8) is 0 Å². The van der Waals surface area contributed by atoms with Crippen molar-refractivity contribution in [1.29, 1.82) is 0 Å². The van der Waals surface area contributed by atoms with E-state index >= 15 is 0 Å². The Labute approximate surface area is 212 Å². The van der Waals surface area contributed by atoms with Crippen LogP contribution in [-0.2, 0) is 12.8 Å². The van der Waals surface area contributed by atoms with E-state index in [1.807, 2.05) is 32.0 Å².